The van der Waals surface area contributed by atoms with E-state index in [0.29, 0.717) is 28.8 Å². The molecule has 6 nitrogen and oxygen atoms in total. The van der Waals surface area contributed by atoms with Crippen LogP contribution in [0.4, 0.5) is 0 Å². The lowest BCUT2D eigenvalue weighted by Crippen LogP contribution is -1.92. The number of carbonyl (C=O) groups excluding carboxylic acids is 1. The Kier molecular flexibility index (Phi) is 1.94. The second-order valence-corrected chi connectivity index (χ2v) is 3.55. The third-order valence-corrected chi connectivity index (χ3v) is 2.44. The first kappa shape index (κ1) is 9.59. The van der Waals surface area contributed by atoms with Gasteiger partial charge in [-0.15, -0.1) is 0 Å². The third-order valence-electron chi connectivity index (χ3n) is 2.44. The monoisotopic (exact) mass is 229 g/mol. The Balaban J connectivity index is 2.16. The molecule has 0 bridgehead atoms. The number of aromatic amines is 2. The zero-order valence-corrected chi connectivity index (χ0v) is 8.56. The molecule has 2 heterocycles. The Labute approximate surface area is 94.3 Å². The van der Waals surface area contributed by atoms with Crippen molar-refractivity contribution in [3.63, 3.8) is 0 Å². The number of rotatable bonds is 2. The molecule has 3 rings (SSSR count). The quantitative estimate of drug-likeness (QED) is 0.648. The average molecular weight is 229 g/mol. The Hall–Kier alpha value is -2.63. The molecule has 2 aromatic heterocycles. The van der Waals surface area contributed by atoms with Crippen LogP contribution in [0.2, 0.25) is 0 Å². The molecule has 0 aliphatic rings. The molecular formula is C11H7N3O3. The van der Waals surface area contributed by atoms with E-state index < -0.39 is 5.76 Å². The zero-order chi connectivity index (χ0) is 11.8. The van der Waals surface area contributed by atoms with Crippen molar-refractivity contribution in [3.8, 4) is 11.3 Å². The van der Waals surface area contributed by atoms with Crippen molar-refractivity contribution in [2.75, 3.05) is 0 Å². The molecule has 1 aromatic carbocycles. The molecule has 0 saturated heterocycles. The number of nitrogens with zero attached hydrogens (tertiary/aromatic N) is 1. The minimum Gasteiger partial charge on any atom is -0.408 e. The minimum atomic E-state index is -0.493. The van der Waals surface area contributed by atoms with E-state index in [1.54, 1.807) is 24.3 Å². The number of aldehydes is 1. The van der Waals surface area contributed by atoms with Gasteiger partial charge < -0.3 is 4.42 Å². The maximum atomic E-state index is 11.0. The van der Waals surface area contributed by atoms with E-state index in [-0.39, 0.29) is 0 Å². The number of carbonyl (C=O) groups is 1. The topological polar surface area (TPSA) is 91.8 Å². The molecule has 0 aliphatic carbocycles. The summed E-state index contributed by atoms with van der Waals surface area (Å²) in [5.74, 6) is -0.493. The average Bonchev–Trinajstić information content (AvgIpc) is 2.92. The van der Waals surface area contributed by atoms with Crippen LogP contribution < -0.4 is 5.76 Å². The number of nitrogens with one attached hydrogen (secondary N) is 2. The lowest BCUT2D eigenvalue weighted by molar-refractivity contribution is 0.111. The van der Waals surface area contributed by atoms with Crippen LogP contribution in [0, 0.1) is 0 Å². The number of H-pyrrole nitrogens is 2. The van der Waals surface area contributed by atoms with Crippen LogP contribution in [0.3, 0.4) is 0 Å². The van der Waals surface area contributed by atoms with E-state index in [1.807, 2.05) is 0 Å². The molecule has 0 atom stereocenters. The van der Waals surface area contributed by atoms with Crippen molar-refractivity contribution in [1.29, 1.82) is 0 Å². The molecule has 0 radical (unpaired) electrons. The largest absolute Gasteiger partial charge is 0.417 e. The van der Waals surface area contributed by atoms with E-state index in [1.165, 1.54) is 0 Å². The van der Waals surface area contributed by atoms with Crippen LogP contribution in [0.25, 0.3) is 22.4 Å². The highest BCUT2D eigenvalue weighted by molar-refractivity contribution is 5.80. The first-order chi connectivity index (χ1) is 8.26. The van der Waals surface area contributed by atoms with Crippen molar-refractivity contribution < 1.29 is 9.21 Å². The lowest BCUT2D eigenvalue weighted by Gasteiger charge is -1.94. The van der Waals surface area contributed by atoms with Gasteiger partial charge in [-0.05, 0) is 18.2 Å². The van der Waals surface area contributed by atoms with Crippen molar-refractivity contribution in [2.24, 2.45) is 0 Å². The van der Waals surface area contributed by atoms with Gasteiger partial charge in [-0.2, -0.15) is 5.10 Å². The summed E-state index contributed by atoms with van der Waals surface area (Å²) in [6.45, 7) is 0. The van der Waals surface area contributed by atoms with Gasteiger partial charge in [-0.3, -0.25) is 14.9 Å². The summed E-state index contributed by atoms with van der Waals surface area (Å²) in [5.41, 5.74) is 2.88. The fourth-order valence-electron chi connectivity index (χ4n) is 1.65. The Bertz CT molecular complexity index is 751. The Morgan fingerprint density at radius 3 is 2.94 bits per heavy atom. The van der Waals surface area contributed by atoms with Gasteiger partial charge in [-0.1, -0.05) is 6.07 Å². The Morgan fingerprint density at radius 2 is 2.18 bits per heavy atom. The maximum absolute atomic E-state index is 11.0. The van der Waals surface area contributed by atoms with Crippen molar-refractivity contribution in [1.82, 2.24) is 15.2 Å². The molecule has 6 heteroatoms. The van der Waals surface area contributed by atoms with Crippen LogP contribution in [0.15, 0.2) is 33.5 Å². The van der Waals surface area contributed by atoms with E-state index in [0.717, 1.165) is 5.56 Å². The number of oxazole rings is 1. The summed E-state index contributed by atoms with van der Waals surface area (Å²) in [4.78, 5) is 24.1. The van der Waals surface area contributed by atoms with Crippen LogP contribution in [0.1, 0.15) is 10.5 Å². The molecular weight excluding hydrogens is 222 g/mol. The van der Waals surface area contributed by atoms with E-state index in [9.17, 15) is 9.59 Å². The van der Waals surface area contributed by atoms with Crippen LogP contribution in [0.5, 0.6) is 0 Å². The predicted octanol–water partition coefficient (Wildman–Crippen LogP) is 1.32. The van der Waals surface area contributed by atoms with Crippen LogP contribution in [-0.4, -0.2) is 21.5 Å². The van der Waals surface area contributed by atoms with Crippen molar-refractivity contribution >= 4 is 17.4 Å². The normalized spacial score (nSPS) is 10.8. The molecule has 17 heavy (non-hydrogen) atoms. The Morgan fingerprint density at radius 1 is 1.29 bits per heavy atom. The number of hydrogen-bond donors (Lipinski definition) is 2. The van der Waals surface area contributed by atoms with Crippen LogP contribution in [-0.2, 0) is 0 Å². The lowest BCUT2D eigenvalue weighted by atomic mass is 10.1. The highest BCUT2D eigenvalue weighted by Gasteiger charge is 2.06. The SMILES string of the molecule is O=Cc1cc(-c2ccc3[nH]c(=O)oc3c2)n[nH]1. The smallest absolute Gasteiger partial charge is 0.408 e. The number of benzene rings is 1. The summed E-state index contributed by atoms with van der Waals surface area (Å²) >= 11 is 0. The number of hydrogen-bond acceptors (Lipinski definition) is 4. The molecule has 0 spiro atoms. The highest BCUT2D eigenvalue weighted by Crippen LogP contribution is 2.21. The predicted molar refractivity (Wildman–Crippen MR) is 59.8 cm³/mol. The fraction of sp³-hybridized carbons (Fsp3) is 0. The van der Waals surface area contributed by atoms with Gasteiger partial charge in [0.25, 0.3) is 0 Å². The van der Waals surface area contributed by atoms with E-state index >= 15 is 0 Å². The molecule has 0 aliphatic heterocycles. The first-order valence-corrected chi connectivity index (χ1v) is 4.90. The summed E-state index contributed by atoms with van der Waals surface area (Å²) in [7, 11) is 0. The van der Waals surface area contributed by atoms with Gasteiger partial charge in [0, 0.05) is 5.56 Å². The minimum absolute atomic E-state index is 0.399. The summed E-state index contributed by atoms with van der Waals surface area (Å²) in [6, 6.07) is 6.83. The van der Waals surface area contributed by atoms with Gasteiger partial charge in [0.15, 0.2) is 11.9 Å². The molecule has 0 saturated carbocycles. The van der Waals surface area contributed by atoms with E-state index in [2.05, 4.69) is 15.2 Å². The van der Waals surface area contributed by atoms with Gasteiger partial charge in [0.1, 0.15) is 0 Å². The van der Waals surface area contributed by atoms with Gasteiger partial charge >= 0.3 is 5.76 Å². The fourth-order valence-corrected chi connectivity index (χ4v) is 1.65. The number of aromatic nitrogens is 3. The van der Waals surface area contributed by atoms with Gasteiger partial charge in [0.05, 0.1) is 16.9 Å². The summed E-state index contributed by atoms with van der Waals surface area (Å²) < 4.78 is 4.94. The van der Waals surface area contributed by atoms with Crippen molar-refractivity contribution in [2.45, 2.75) is 0 Å². The van der Waals surface area contributed by atoms with E-state index in [4.69, 9.17) is 4.42 Å². The summed E-state index contributed by atoms with van der Waals surface area (Å²) in [6.07, 6.45) is 0.686. The molecule has 2 N–H and O–H groups in total. The highest BCUT2D eigenvalue weighted by atomic mass is 16.4. The third kappa shape index (κ3) is 1.55. The molecule has 0 unspecified atom stereocenters. The van der Waals surface area contributed by atoms with Crippen molar-refractivity contribution in [3.05, 3.63) is 40.5 Å². The zero-order valence-electron chi connectivity index (χ0n) is 8.56. The second-order valence-electron chi connectivity index (χ2n) is 3.55. The molecule has 0 amide bonds. The molecule has 0 fully saturated rings. The number of fused-ring (bicyclic) bond motifs is 1. The first-order valence-electron chi connectivity index (χ1n) is 4.90. The molecule has 3 aromatic rings. The van der Waals surface area contributed by atoms with Gasteiger partial charge in [0.2, 0.25) is 0 Å². The van der Waals surface area contributed by atoms with Crippen LogP contribution >= 0.6 is 0 Å². The summed E-state index contributed by atoms with van der Waals surface area (Å²) in [5, 5.41) is 6.57. The second kappa shape index (κ2) is 3.44. The molecule has 84 valence electrons. The standard InChI is InChI=1S/C11H7N3O3/c15-5-7-4-9(14-13-7)6-1-2-8-10(3-6)17-11(16)12-8/h1-5H,(H,12,16)(H,13,14). The maximum Gasteiger partial charge on any atom is 0.417 e. The van der Waals surface area contributed by atoms with Gasteiger partial charge in [-0.25, -0.2) is 4.79 Å².